The van der Waals surface area contributed by atoms with Gasteiger partial charge < -0.3 is 34.5 Å². The van der Waals surface area contributed by atoms with Crippen LogP contribution in [0.2, 0.25) is 0 Å². The highest BCUT2D eigenvalue weighted by molar-refractivity contribution is 7.85. The first-order valence-electron chi connectivity index (χ1n) is 20.3. The van der Waals surface area contributed by atoms with Gasteiger partial charge in [-0.3, -0.25) is 9.78 Å². The van der Waals surface area contributed by atoms with Crippen molar-refractivity contribution in [1.82, 2.24) is 9.88 Å². The lowest BCUT2D eigenvalue weighted by Crippen LogP contribution is -2.48. The molecule has 2 bridgehead atoms. The number of benzene rings is 4. The van der Waals surface area contributed by atoms with Crippen molar-refractivity contribution in [3.05, 3.63) is 107 Å². The minimum Gasteiger partial charge on any atom is -0.496 e. The monoisotopic (exact) mass is 817 g/mol. The number of fused-ring (bicyclic) bond motifs is 4. The van der Waals surface area contributed by atoms with Crippen molar-refractivity contribution in [2.75, 3.05) is 55.5 Å². The summed E-state index contributed by atoms with van der Waals surface area (Å²) in [4.78, 5) is 34.1. The fourth-order valence-corrected chi connectivity index (χ4v) is 8.87. The number of hydrogen-bond acceptors (Lipinski definition) is 8. The lowest BCUT2D eigenvalue weighted by Gasteiger charge is -2.48. The molecule has 1 unspecified atom stereocenters. The quantitative estimate of drug-likeness (QED) is 0.0891. The summed E-state index contributed by atoms with van der Waals surface area (Å²) in [5.74, 6) is 2.32. The summed E-state index contributed by atoms with van der Waals surface area (Å²) < 4.78 is 32.9. The van der Waals surface area contributed by atoms with Crippen LogP contribution in [0.5, 0.6) is 23.0 Å². The molecule has 310 valence electrons. The van der Waals surface area contributed by atoms with E-state index in [2.05, 4.69) is 46.0 Å². The topological polar surface area (TPSA) is 131 Å². The van der Waals surface area contributed by atoms with Crippen molar-refractivity contribution in [2.45, 2.75) is 71.1 Å². The third-order valence-corrected chi connectivity index (χ3v) is 12.3. The number of nitrogens with zero attached hydrogens (tertiary/aromatic N) is 2. The van der Waals surface area contributed by atoms with Crippen LogP contribution in [0.1, 0.15) is 86.5 Å². The molecule has 3 fully saturated rings. The van der Waals surface area contributed by atoms with E-state index in [1.165, 1.54) is 52.3 Å². The summed E-state index contributed by atoms with van der Waals surface area (Å²) in [6.45, 7) is 9.80. The lowest BCUT2D eigenvalue weighted by atomic mass is 9.69. The third kappa shape index (κ3) is 9.88. The summed E-state index contributed by atoms with van der Waals surface area (Å²) in [5.41, 5.74) is 5.06. The van der Waals surface area contributed by atoms with E-state index in [0.717, 1.165) is 40.4 Å². The summed E-state index contributed by atoms with van der Waals surface area (Å²) >= 11 is 0. The number of piperidine rings is 3. The molecule has 4 aromatic carbocycles. The molecule has 4 heterocycles. The summed E-state index contributed by atoms with van der Waals surface area (Å²) in [6.07, 6.45) is 10.1. The molecule has 3 aliphatic heterocycles. The molecule has 3 aliphatic rings. The third-order valence-electron chi connectivity index (χ3n) is 11.7. The number of carbonyl (C=O) groups excluding carboxylic acids is 2. The Morgan fingerprint density at radius 1 is 0.831 bits per heavy atom. The molecule has 8 rings (SSSR count). The predicted molar refractivity (Wildman–Crippen MR) is 237 cm³/mol. The van der Waals surface area contributed by atoms with Crippen LogP contribution in [0.25, 0.3) is 10.8 Å². The highest BCUT2D eigenvalue weighted by Gasteiger charge is 2.38. The number of rotatable bonds is 15. The highest BCUT2D eigenvalue weighted by atomic mass is 32.2. The number of carbonyl (C=O) groups is 2. The maximum Gasteiger partial charge on any atom is 0.323 e. The maximum absolute atomic E-state index is 13.5. The van der Waals surface area contributed by atoms with E-state index in [-0.39, 0.29) is 11.2 Å². The van der Waals surface area contributed by atoms with Crippen LogP contribution >= 0.6 is 0 Å². The molecule has 0 aliphatic carbocycles. The van der Waals surface area contributed by atoms with Gasteiger partial charge in [-0.25, -0.2) is 9.00 Å². The van der Waals surface area contributed by atoms with E-state index in [4.69, 9.17) is 14.2 Å². The fourth-order valence-electron chi connectivity index (χ4n) is 8.41. The Balaban J connectivity index is 1.02. The van der Waals surface area contributed by atoms with E-state index in [1.807, 2.05) is 78.9 Å². The molecule has 12 heteroatoms. The van der Waals surface area contributed by atoms with Gasteiger partial charge in [0.1, 0.15) is 28.2 Å². The second-order valence-electron chi connectivity index (χ2n) is 16.8. The first kappa shape index (κ1) is 41.7. The van der Waals surface area contributed by atoms with Gasteiger partial charge in [0.05, 0.1) is 36.8 Å². The Labute approximate surface area is 349 Å². The second-order valence-corrected chi connectivity index (χ2v) is 17.9. The van der Waals surface area contributed by atoms with Crippen LogP contribution in [0.15, 0.2) is 85.1 Å². The van der Waals surface area contributed by atoms with Gasteiger partial charge in [-0.15, -0.1) is 0 Å². The van der Waals surface area contributed by atoms with Crippen molar-refractivity contribution in [2.24, 2.45) is 5.41 Å². The number of aromatic nitrogens is 1. The summed E-state index contributed by atoms with van der Waals surface area (Å²) in [7, 11) is 1.77. The van der Waals surface area contributed by atoms with Gasteiger partial charge in [-0.1, -0.05) is 51.1 Å². The average molecular weight is 818 g/mol. The molecular weight excluding hydrogens is 763 g/mol. The lowest BCUT2D eigenvalue weighted by molar-refractivity contribution is 0.0182. The Morgan fingerprint density at radius 2 is 1.54 bits per heavy atom. The van der Waals surface area contributed by atoms with E-state index >= 15 is 0 Å². The normalized spacial score (nSPS) is 17.9. The molecule has 3 saturated heterocycles. The van der Waals surface area contributed by atoms with Gasteiger partial charge in [0.15, 0.2) is 11.5 Å². The van der Waals surface area contributed by atoms with Crippen LogP contribution in [0.4, 0.5) is 21.9 Å². The molecule has 11 nitrogen and oxygen atoms in total. The minimum absolute atomic E-state index is 0.130. The van der Waals surface area contributed by atoms with Crippen molar-refractivity contribution < 1.29 is 28.0 Å². The zero-order valence-corrected chi connectivity index (χ0v) is 35.7. The van der Waals surface area contributed by atoms with E-state index in [0.29, 0.717) is 63.9 Å². The molecule has 2 amide bonds. The van der Waals surface area contributed by atoms with Crippen LogP contribution in [0, 0.1) is 5.41 Å². The number of ether oxygens (including phenoxy) is 3. The minimum atomic E-state index is -1.36. The molecule has 1 aromatic heterocycles. The Kier molecular flexibility index (Phi) is 12.6. The zero-order valence-electron chi connectivity index (χ0n) is 34.9. The van der Waals surface area contributed by atoms with Crippen molar-refractivity contribution in [3.63, 3.8) is 0 Å². The van der Waals surface area contributed by atoms with Crippen LogP contribution in [0.3, 0.4) is 0 Å². The number of Topliss-reactive ketones (excluding diaryl/α,β-unsaturated/α-hetero) is 1. The van der Waals surface area contributed by atoms with Crippen molar-refractivity contribution >= 4 is 50.6 Å². The summed E-state index contributed by atoms with van der Waals surface area (Å²) in [6, 6.07) is 24.2. The highest BCUT2D eigenvalue weighted by Crippen LogP contribution is 2.44. The Hall–Kier alpha value is -5.46. The van der Waals surface area contributed by atoms with Crippen LogP contribution in [-0.2, 0) is 22.8 Å². The van der Waals surface area contributed by atoms with Gasteiger partial charge in [0, 0.05) is 47.8 Å². The zero-order chi connectivity index (χ0) is 41.7. The first-order chi connectivity index (χ1) is 28.3. The predicted octanol–water partition coefficient (Wildman–Crippen LogP) is 10.1. The fraction of sp³-hybridized carbons (Fsp3) is 0.383. The number of nitrogens with one attached hydrogen (secondary N) is 3. The molecule has 3 N–H and O–H groups in total. The van der Waals surface area contributed by atoms with Gasteiger partial charge in [0.2, 0.25) is 0 Å². The largest absolute Gasteiger partial charge is 0.496 e. The second kappa shape index (κ2) is 17.8. The Bertz CT molecular complexity index is 2350. The molecule has 0 saturated carbocycles. The number of ketones is 1. The number of urea groups is 1. The van der Waals surface area contributed by atoms with Crippen molar-refractivity contribution in [3.8, 4) is 23.0 Å². The number of anilines is 3. The first-order valence-corrected chi connectivity index (χ1v) is 21.9. The number of methoxy groups -OCH3 is 2. The number of amides is 2. The molecular formula is C47H55N5O6S. The maximum atomic E-state index is 13.5. The standard InChI is InChI=1S/C47H55N5O6S/c1-46(2,3)32-28-39(44(57-5)40(29-32)51-59(6)55)50-45(54)49-38-15-16-42(36-11-8-7-10-35(36)38)58-34-17-22-48-33(30-34)26-31-13-14-37(43(27-31)56-4)41(53)12-9-18-47-19-23-52(24-20-47)25-21-47/h7-8,10-11,13-17,22,27-30,51H,9,12,18-21,23-26H2,1-6H3,(H2,49,50,54). The van der Waals surface area contributed by atoms with Crippen LogP contribution < -0.4 is 29.6 Å². The SMILES string of the molecule is COc1cc(Cc2cc(Oc3ccc(NC(=O)Nc4cc(C(C)(C)C)cc(NS(C)=O)c4OC)c4ccccc34)ccn2)ccc1C(=O)CCCC12CCN(CC1)CC2. The van der Waals surface area contributed by atoms with Gasteiger partial charge >= 0.3 is 6.03 Å². The van der Waals surface area contributed by atoms with Gasteiger partial charge in [0.25, 0.3) is 0 Å². The molecule has 1 atom stereocenters. The Morgan fingerprint density at radius 3 is 2.24 bits per heavy atom. The summed E-state index contributed by atoms with van der Waals surface area (Å²) in [5, 5.41) is 7.53. The molecule has 5 aromatic rings. The van der Waals surface area contributed by atoms with E-state index in [1.54, 1.807) is 13.3 Å². The number of pyridine rings is 1. The van der Waals surface area contributed by atoms with Crippen LogP contribution in [-0.4, -0.2) is 66.0 Å². The van der Waals surface area contributed by atoms with Crippen molar-refractivity contribution in [1.29, 1.82) is 0 Å². The molecule has 59 heavy (non-hydrogen) atoms. The van der Waals surface area contributed by atoms with Gasteiger partial charge in [-0.05, 0) is 116 Å². The van der Waals surface area contributed by atoms with E-state index < -0.39 is 17.0 Å². The smallest absolute Gasteiger partial charge is 0.323 e. The van der Waals surface area contributed by atoms with Gasteiger partial charge in [-0.2, -0.15) is 0 Å². The van der Waals surface area contributed by atoms with E-state index in [9.17, 15) is 13.8 Å². The molecule has 0 radical (unpaired) electrons. The molecule has 0 spiro atoms. The average Bonchev–Trinajstić information content (AvgIpc) is 3.21. The number of hydrogen-bond donors (Lipinski definition) is 3.